The Morgan fingerprint density at radius 3 is 2.50 bits per heavy atom. The van der Waals surface area contributed by atoms with Gasteiger partial charge in [0.1, 0.15) is 11.1 Å². The molecule has 0 bridgehead atoms. The van der Waals surface area contributed by atoms with Gasteiger partial charge in [-0.05, 0) is 25.0 Å². The van der Waals surface area contributed by atoms with Crippen molar-refractivity contribution < 1.29 is 9.21 Å². The summed E-state index contributed by atoms with van der Waals surface area (Å²) in [5.74, 6) is -0.441. The summed E-state index contributed by atoms with van der Waals surface area (Å²) >= 11 is 0. The number of para-hydroxylation sites is 1. The second-order valence-corrected chi connectivity index (χ2v) is 5.13. The Kier molecular flexibility index (Phi) is 6.14. The molecular formula is C16H21ClN2O3. The van der Waals surface area contributed by atoms with Crippen molar-refractivity contribution in [3.63, 3.8) is 0 Å². The van der Waals surface area contributed by atoms with Gasteiger partial charge >= 0.3 is 5.63 Å². The van der Waals surface area contributed by atoms with Crippen molar-refractivity contribution in [2.75, 3.05) is 6.54 Å². The number of nitrogens with one attached hydrogen (secondary N) is 1. The van der Waals surface area contributed by atoms with Crippen molar-refractivity contribution in [1.82, 2.24) is 5.32 Å². The predicted molar refractivity (Wildman–Crippen MR) is 89.6 cm³/mol. The van der Waals surface area contributed by atoms with E-state index in [4.69, 9.17) is 10.2 Å². The molecule has 120 valence electrons. The predicted octanol–water partition coefficient (Wildman–Crippen LogP) is 2.46. The van der Waals surface area contributed by atoms with E-state index in [1.165, 1.54) is 0 Å². The fourth-order valence-electron chi connectivity index (χ4n) is 2.29. The van der Waals surface area contributed by atoms with Crippen molar-refractivity contribution >= 4 is 29.3 Å². The highest BCUT2D eigenvalue weighted by atomic mass is 35.5. The standard InChI is InChI=1S/C16H20N2O3.ClH/c1-3-16(4-2,10-17)18-14(19)12-9-11-7-5-6-8-13(11)21-15(12)20;/h5-9H,3-4,10,17H2,1-2H3,(H,18,19);1H. The maximum Gasteiger partial charge on any atom is 0.349 e. The lowest BCUT2D eigenvalue weighted by Crippen LogP contribution is -2.53. The monoisotopic (exact) mass is 324 g/mol. The molecule has 2 aromatic rings. The van der Waals surface area contributed by atoms with E-state index in [2.05, 4.69) is 5.32 Å². The summed E-state index contributed by atoms with van der Waals surface area (Å²) in [4.78, 5) is 24.3. The molecule has 5 nitrogen and oxygen atoms in total. The minimum absolute atomic E-state index is 0. The number of nitrogens with two attached hydrogens (primary N) is 1. The zero-order valence-corrected chi connectivity index (χ0v) is 13.5. The summed E-state index contributed by atoms with van der Waals surface area (Å²) in [5.41, 5.74) is 5.12. The third-order valence-corrected chi connectivity index (χ3v) is 4.01. The number of halogens is 1. The van der Waals surface area contributed by atoms with Crippen LogP contribution >= 0.6 is 12.4 Å². The molecule has 0 saturated heterocycles. The maximum atomic E-state index is 12.4. The van der Waals surface area contributed by atoms with E-state index in [0.717, 1.165) is 0 Å². The Morgan fingerprint density at radius 2 is 1.91 bits per heavy atom. The van der Waals surface area contributed by atoms with E-state index < -0.39 is 17.1 Å². The summed E-state index contributed by atoms with van der Waals surface area (Å²) in [7, 11) is 0. The lowest BCUT2D eigenvalue weighted by molar-refractivity contribution is 0.0891. The molecule has 3 N–H and O–H groups in total. The van der Waals surface area contributed by atoms with E-state index in [1.807, 2.05) is 19.9 Å². The first-order chi connectivity index (χ1) is 10.0. The number of hydrogen-bond acceptors (Lipinski definition) is 4. The first-order valence-corrected chi connectivity index (χ1v) is 7.10. The molecule has 0 radical (unpaired) electrons. The number of rotatable bonds is 5. The molecule has 0 aliphatic rings. The Bertz CT molecular complexity index is 700. The van der Waals surface area contributed by atoms with E-state index >= 15 is 0 Å². The van der Waals surface area contributed by atoms with E-state index in [1.54, 1.807) is 24.3 Å². The topological polar surface area (TPSA) is 85.3 Å². The van der Waals surface area contributed by atoms with Crippen LogP contribution in [-0.4, -0.2) is 18.0 Å². The highest BCUT2D eigenvalue weighted by Crippen LogP contribution is 2.16. The smallest absolute Gasteiger partial charge is 0.349 e. The summed E-state index contributed by atoms with van der Waals surface area (Å²) in [6.45, 7) is 4.24. The Balaban J connectivity index is 0.00000242. The summed E-state index contributed by atoms with van der Waals surface area (Å²) in [6.07, 6.45) is 1.40. The first-order valence-electron chi connectivity index (χ1n) is 7.10. The summed E-state index contributed by atoms with van der Waals surface area (Å²) in [6, 6.07) is 8.65. The van der Waals surface area contributed by atoms with Gasteiger partial charge in [-0.15, -0.1) is 12.4 Å². The number of hydrogen-bond donors (Lipinski definition) is 2. The van der Waals surface area contributed by atoms with Gasteiger partial charge in [0, 0.05) is 11.9 Å². The van der Waals surface area contributed by atoms with Crippen LogP contribution in [0.5, 0.6) is 0 Å². The average molecular weight is 325 g/mol. The lowest BCUT2D eigenvalue weighted by atomic mass is 9.92. The number of benzene rings is 1. The molecule has 0 spiro atoms. The molecule has 1 heterocycles. The Morgan fingerprint density at radius 1 is 1.27 bits per heavy atom. The van der Waals surface area contributed by atoms with Crippen molar-refractivity contribution in [2.24, 2.45) is 5.73 Å². The third kappa shape index (κ3) is 3.48. The third-order valence-electron chi connectivity index (χ3n) is 4.01. The molecule has 22 heavy (non-hydrogen) atoms. The number of fused-ring (bicyclic) bond motifs is 1. The van der Waals surface area contributed by atoms with Gasteiger partial charge in [0.15, 0.2) is 0 Å². The summed E-state index contributed by atoms with van der Waals surface area (Å²) in [5, 5.41) is 3.59. The largest absolute Gasteiger partial charge is 0.422 e. The van der Waals surface area contributed by atoms with Crippen LogP contribution < -0.4 is 16.7 Å². The van der Waals surface area contributed by atoms with Crippen LogP contribution in [0.15, 0.2) is 39.5 Å². The number of amides is 1. The SMILES string of the molecule is CCC(CC)(CN)NC(=O)c1cc2ccccc2oc1=O.Cl. The molecule has 0 unspecified atom stereocenters. The zero-order valence-electron chi connectivity index (χ0n) is 12.7. The minimum atomic E-state index is -0.635. The minimum Gasteiger partial charge on any atom is -0.422 e. The molecule has 0 aliphatic heterocycles. The number of carbonyl (C=O) groups excluding carboxylic acids is 1. The summed E-state index contributed by atoms with van der Waals surface area (Å²) < 4.78 is 5.18. The second kappa shape index (κ2) is 7.42. The van der Waals surface area contributed by atoms with Crippen LogP contribution in [0.3, 0.4) is 0 Å². The van der Waals surface area contributed by atoms with Gasteiger partial charge in [-0.3, -0.25) is 4.79 Å². The highest BCUT2D eigenvalue weighted by Gasteiger charge is 2.28. The molecule has 1 amide bonds. The Labute approximate surface area is 135 Å². The van der Waals surface area contributed by atoms with Crippen molar-refractivity contribution in [3.8, 4) is 0 Å². The van der Waals surface area contributed by atoms with Gasteiger partial charge in [-0.2, -0.15) is 0 Å². The second-order valence-electron chi connectivity index (χ2n) is 5.13. The Hall–Kier alpha value is -1.85. The highest BCUT2D eigenvalue weighted by molar-refractivity contribution is 5.97. The van der Waals surface area contributed by atoms with Crippen LogP contribution in [0.4, 0.5) is 0 Å². The molecule has 6 heteroatoms. The molecule has 2 rings (SSSR count). The quantitative estimate of drug-likeness (QED) is 0.827. The molecule has 0 saturated carbocycles. The van der Waals surface area contributed by atoms with Gasteiger partial charge in [0.2, 0.25) is 0 Å². The fourth-order valence-corrected chi connectivity index (χ4v) is 2.29. The first kappa shape index (κ1) is 18.2. The van der Waals surface area contributed by atoms with Crippen molar-refractivity contribution in [2.45, 2.75) is 32.2 Å². The average Bonchev–Trinajstić information content (AvgIpc) is 2.52. The molecule has 1 aromatic heterocycles. The molecule has 0 fully saturated rings. The molecule has 0 atom stereocenters. The number of carbonyl (C=O) groups is 1. The molecule has 1 aromatic carbocycles. The van der Waals surface area contributed by atoms with Crippen molar-refractivity contribution in [3.05, 3.63) is 46.3 Å². The zero-order chi connectivity index (χ0) is 15.5. The molecular weight excluding hydrogens is 304 g/mol. The van der Waals surface area contributed by atoms with Crippen LogP contribution in [0.25, 0.3) is 11.0 Å². The molecule has 0 aliphatic carbocycles. The van der Waals surface area contributed by atoms with Gasteiger partial charge in [-0.25, -0.2) is 4.79 Å². The van der Waals surface area contributed by atoms with Gasteiger partial charge in [0.25, 0.3) is 5.91 Å². The van der Waals surface area contributed by atoms with Crippen LogP contribution in [0.1, 0.15) is 37.0 Å². The fraction of sp³-hybridized carbons (Fsp3) is 0.375. The normalized spacial score (nSPS) is 11.0. The maximum absolute atomic E-state index is 12.4. The van der Waals surface area contributed by atoms with E-state index in [0.29, 0.717) is 30.4 Å². The van der Waals surface area contributed by atoms with Crippen LogP contribution in [0.2, 0.25) is 0 Å². The van der Waals surface area contributed by atoms with Crippen LogP contribution in [-0.2, 0) is 0 Å². The van der Waals surface area contributed by atoms with Crippen molar-refractivity contribution in [1.29, 1.82) is 0 Å². The van der Waals surface area contributed by atoms with Gasteiger partial charge in [-0.1, -0.05) is 32.0 Å². The van der Waals surface area contributed by atoms with E-state index in [-0.39, 0.29) is 18.0 Å². The van der Waals surface area contributed by atoms with Gasteiger partial charge < -0.3 is 15.5 Å². The lowest BCUT2D eigenvalue weighted by Gasteiger charge is -2.31. The van der Waals surface area contributed by atoms with Crippen LogP contribution in [0, 0.1) is 0 Å². The van der Waals surface area contributed by atoms with E-state index in [9.17, 15) is 9.59 Å². The van der Waals surface area contributed by atoms with Gasteiger partial charge in [0.05, 0.1) is 5.54 Å².